The van der Waals surface area contributed by atoms with Gasteiger partial charge in [0.15, 0.2) is 0 Å². The van der Waals surface area contributed by atoms with E-state index in [1.807, 2.05) is 43.3 Å². The number of hydrogen-bond acceptors (Lipinski definition) is 4. The summed E-state index contributed by atoms with van der Waals surface area (Å²) in [7, 11) is 1.62. The zero-order valence-electron chi connectivity index (χ0n) is 19.4. The highest BCUT2D eigenvalue weighted by Gasteiger charge is 2.21. The molecule has 2 aromatic carbocycles. The van der Waals surface area contributed by atoms with Gasteiger partial charge in [-0.1, -0.05) is 43.7 Å². The number of hydrogen-bond donors (Lipinski definition) is 2. The van der Waals surface area contributed by atoms with Gasteiger partial charge in [0, 0.05) is 11.6 Å². The first-order valence-electron chi connectivity index (χ1n) is 10.9. The molecular formula is C27H30N2O4. The summed E-state index contributed by atoms with van der Waals surface area (Å²) in [5.41, 5.74) is 2.50. The molecule has 0 radical (unpaired) electrons. The third kappa shape index (κ3) is 6.84. The molecule has 33 heavy (non-hydrogen) atoms. The average molecular weight is 447 g/mol. The Hall–Kier alpha value is -3.80. The number of amides is 2. The van der Waals surface area contributed by atoms with Crippen LogP contribution in [0.25, 0.3) is 6.08 Å². The van der Waals surface area contributed by atoms with Crippen LogP contribution < -0.4 is 15.4 Å². The molecule has 0 aliphatic rings. The number of carbonyl (C=O) groups excluding carboxylic acids is 2. The second-order valence-corrected chi connectivity index (χ2v) is 8.33. The molecule has 1 heterocycles. The Morgan fingerprint density at radius 2 is 1.82 bits per heavy atom. The summed E-state index contributed by atoms with van der Waals surface area (Å²) in [5, 5.41) is 5.84. The van der Waals surface area contributed by atoms with Crippen LogP contribution in [0.1, 0.15) is 53.6 Å². The van der Waals surface area contributed by atoms with Crippen LogP contribution in [0.4, 0.5) is 0 Å². The van der Waals surface area contributed by atoms with Crippen molar-refractivity contribution in [1.82, 2.24) is 10.6 Å². The summed E-state index contributed by atoms with van der Waals surface area (Å²) in [6.07, 6.45) is 3.78. The smallest absolute Gasteiger partial charge is 0.268 e. The second kappa shape index (κ2) is 11.2. The summed E-state index contributed by atoms with van der Waals surface area (Å²) in [6, 6.07) is 18.0. The van der Waals surface area contributed by atoms with Crippen molar-refractivity contribution in [3.05, 3.63) is 95.1 Å². The van der Waals surface area contributed by atoms with Gasteiger partial charge in [-0.2, -0.15) is 0 Å². The molecule has 0 saturated heterocycles. The highest BCUT2D eigenvalue weighted by molar-refractivity contribution is 6.05. The topological polar surface area (TPSA) is 80.6 Å². The Balaban J connectivity index is 1.86. The van der Waals surface area contributed by atoms with Gasteiger partial charge in [-0.15, -0.1) is 0 Å². The van der Waals surface area contributed by atoms with Gasteiger partial charge < -0.3 is 19.8 Å². The van der Waals surface area contributed by atoms with Crippen LogP contribution in [0.15, 0.2) is 77.0 Å². The maximum Gasteiger partial charge on any atom is 0.268 e. The van der Waals surface area contributed by atoms with Gasteiger partial charge in [-0.25, -0.2) is 0 Å². The van der Waals surface area contributed by atoms with Crippen LogP contribution in [0.5, 0.6) is 5.75 Å². The van der Waals surface area contributed by atoms with E-state index >= 15 is 0 Å². The van der Waals surface area contributed by atoms with Crippen LogP contribution in [-0.4, -0.2) is 18.9 Å². The fraction of sp³-hybridized carbons (Fsp3) is 0.259. The first kappa shape index (κ1) is 23.9. The number of methoxy groups -OCH3 is 1. The molecule has 3 aromatic rings. The number of furan rings is 1. The molecule has 6 heteroatoms. The molecule has 6 nitrogen and oxygen atoms in total. The van der Waals surface area contributed by atoms with Crippen molar-refractivity contribution >= 4 is 17.9 Å². The average Bonchev–Trinajstić information content (AvgIpc) is 3.31. The predicted octanol–water partition coefficient (Wildman–Crippen LogP) is 5.27. The van der Waals surface area contributed by atoms with Crippen molar-refractivity contribution in [1.29, 1.82) is 0 Å². The van der Waals surface area contributed by atoms with Gasteiger partial charge in [0.2, 0.25) is 0 Å². The lowest BCUT2D eigenvalue weighted by Gasteiger charge is -2.22. The summed E-state index contributed by atoms with van der Waals surface area (Å²) in [4.78, 5) is 26.2. The lowest BCUT2D eigenvalue weighted by Crippen LogP contribution is -2.37. The van der Waals surface area contributed by atoms with Crippen molar-refractivity contribution in [2.45, 2.75) is 33.2 Å². The van der Waals surface area contributed by atoms with Crippen LogP contribution in [0.3, 0.4) is 0 Å². The largest absolute Gasteiger partial charge is 0.497 e. The van der Waals surface area contributed by atoms with E-state index < -0.39 is 5.91 Å². The van der Waals surface area contributed by atoms with E-state index in [2.05, 4.69) is 24.5 Å². The van der Waals surface area contributed by atoms with E-state index in [1.165, 1.54) is 12.3 Å². The van der Waals surface area contributed by atoms with Gasteiger partial charge in [0.25, 0.3) is 11.8 Å². The monoisotopic (exact) mass is 446 g/mol. The number of carbonyl (C=O) groups is 2. The lowest BCUT2D eigenvalue weighted by atomic mass is 9.96. The minimum atomic E-state index is -0.395. The van der Waals surface area contributed by atoms with Crippen molar-refractivity contribution in [3.63, 3.8) is 0 Å². The SMILES string of the molecule is COc1ccc([C@@H](CC(C)C)NC(=O)/C(=C/c2ccco2)NC(=O)c2cccc(C)c2)cc1. The lowest BCUT2D eigenvalue weighted by molar-refractivity contribution is -0.118. The van der Waals surface area contributed by atoms with Gasteiger partial charge >= 0.3 is 0 Å². The number of aryl methyl sites for hydroxylation is 1. The zero-order valence-corrected chi connectivity index (χ0v) is 19.4. The molecule has 0 unspecified atom stereocenters. The quantitative estimate of drug-likeness (QED) is 0.439. The Labute approximate surface area is 194 Å². The first-order chi connectivity index (χ1) is 15.9. The maximum absolute atomic E-state index is 13.3. The molecule has 172 valence electrons. The van der Waals surface area contributed by atoms with Gasteiger partial charge in [-0.3, -0.25) is 9.59 Å². The fourth-order valence-electron chi connectivity index (χ4n) is 3.48. The molecule has 1 aromatic heterocycles. The summed E-state index contributed by atoms with van der Waals surface area (Å²) in [5.74, 6) is 0.800. The summed E-state index contributed by atoms with van der Waals surface area (Å²) >= 11 is 0. The Morgan fingerprint density at radius 3 is 2.42 bits per heavy atom. The predicted molar refractivity (Wildman–Crippen MR) is 129 cm³/mol. The van der Waals surface area contributed by atoms with Crippen molar-refractivity contribution in [2.75, 3.05) is 7.11 Å². The van der Waals surface area contributed by atoms with Crippen LogP contribution >= 0.6 is 0 Å². The second-order valence-electron chi connectivity index (χ2n) is 8.33. The van der Waals surface area contributed by atoms with E-state index in [4.69, 9.17) is 9.15 Å². The normalized spacial score (nSPS) is 12.3. The molecule has 1 atom stereocenters. The standard InChI is InChI=1S/C27H30N2O4/c1-18(2)15-24(20-10-12-22(32-4)13-11-20)28-27(31)25(17-23-9-6-14-33-23)29-26(30)21-8-5-7-19(3)16-21/h5-14,16-18,24H,15H2,1-4H3,(H,28,31)(H,29,30)/b25-17-/t24-/m1/s1. The molecule has 2 N–H and O–H groups in total. The molecule has 3 rings (SSSR count). The van der Waals surface area contributed by atoms with Crippen LogP contribution in [0, 0.1) is 12.8 Å². The third-order valence-electron chi connectivity index (χ3n) is 5.13. The molecule has 0 aliphatic carbocycles. The van der Waals surface area contributed by atoms with E-state index in [0.29, 0.717) is 17.2 Å². The Bertz CT molecular complexity index is 1100. The minimum Gasteiger partial charge on any atom is -0.497 e. The molecular weight excluding hydrogens is 416 g/mol. The Kier molecular flexibility index (Phi) is 8.08. The molecule has 0 spiro atoms. The fourth-order valence-corrected chi connectivity index (χ4v) is 3.48. The van der Waals surface area contributed by atoms with Crippen molar-refractivity contribution in [3.8, 4) is 5.75 Å². The number of rotatable bonds is 9. The van der Waals surface area contributed by atoms with Crippen molar-refractivity contribution < 1.29 is 18.7 Å². The summed E-state index contributed by atoms with van der Waals surface area (Å²) in [6.45, 7) is 6.11. The number of ether oxygens (including phenoxy) is 1. The minimum absolute atomic E-state index is 0.110. The van der Waals surface area contributed by atoms with Gasteiger partial charge in [0.05, 0.1) is 19.4 Å². The zero-order chi connectivity index (χ0) is 23.8. The molecule has 0 bridgehead atoms. The van der Waals surface area contributed by atoms with Crippen LogP contribution in [-0.2, 0) is 4.79 Å². The van der Waals surface area contributed by atoms with Gasteiger partial charge in [-0.05, 0) is 61.2 Å². The van der Waals surface area contributed by atoms with E-state index in [-0.39, 0.29) is 17.6 Å². The van der Waals surface area contributed by atoms with Crippen LogP contribution in [0.2, 0.25) is 0 Å². The van der Waals surface area contributed by atoms with E-state index in [0.717, 1.165) is 23.3 Å². The maximum atomic E-state index is 13.3. The summed E-state index contributed by atoms with van der Waals surface area (Å²) < 4.78 is 10.6. The van der Waals surface area contributed by atoms with Crippen molar-refractivity contribution in [2.24, 2.45) is 5.92 Å². The molecule has 0 fully saturated rings. The Morgan fingerprint density at radius 1 is 1.06 bits per heavy atom. The van der Waals surface area contributed by atoms with E-state index in [9.17, 15) is 9.59 Å². The molecule has 0 saturated carbocycles. The van der Waals surface area contributed by atoms with E-state index in [1.54, 1.807) is 31.4 Å². The first-order valence-corrected chi connectivity index (χ1v) is 10.9. The molecule has 2 amide bonds. The number of benzene rings is 2. The van der Waals surface area contributed by atoms with Gasteiger partial charge in [0.1, 0.15) is 17.2 Å². The highest BCUT2D eigenvalue weighted by atomic mass is 16.5. The number of nitrogens with one attached hydrogen (secondary N) is 2. The highest BCUT2D eigenvalue weighted by Crippen LogP contribution is 2.24. The third-order valence-corrected chi connectivity index (χ3v) is 5.13. The molecule has 0 aliphatic heterocycles.